The van der Waals surface area contributed by atoms with E-state index in [0.717, 1.165) is 116 Å². The summed E-state index contributed by atoms with van der Waals surface area (Å²) >= 11 is 0. The van der Waals surface area contributed by atoms with Crippen LogP contribution in [0.2, 0.25) is 0 Å². The van der Waals surface area contributed by atoms with E-state index in [2.05, 4.69) is 125 Å². The van der Waals surface area contributed by atoms with Gasteiger partial charge in [-0.15, -0.1) is 9.13 Å². The molecule has 0 aliphatic rings. The van der Waals surface area contributed by atoms with Gasteiger partial charge in [0.2, 0.25) is 33.4 Å². The molecule has 0 aliphatic heterocycles. The van der Waals surface area contributed by atoms with Crippen LogP contribution in [-0.2, 0) is 6.42 Å². The van der Waals surface area contributed by atoms with Crippen LogP contribution in [0, 0.1) is 27.7 Å². The summed E-state index contributed by atoms with van der Waals surface area (Å²) < 4.78 is 4.59. The second kappa shape index (κ2) is 13.6. The van der Waals surface area contributed by atoms with Gasteiger partial charge < -0.3 is 16.8 Å². The molecule has 0 aliphatic carbocycles. The monoisotopic (exact) mass is 683 g/mol. The molecule has 0 saturated carbocycles. The van der Waals surface area contributed by atoms with Crippen molar-refractivity contribution in [2.24, 2.45) is 0 Å². The third kappa shape index (κ3) is 6.13. The predicted octanol–water partition coefficient (Wildman–Crippen LogP) is 8.87. The van der Waals surface area contributed by atoms with Crippen LogP contribution in [0.25, 0.3) is 55.5 Å². The van der Waals surface area contributed by atoms with Gasteiger partial charge in [0.15, 0.2) is 0 Å². The highest BCUT2D eigenvalue weighted by atomic mass is 15.0. The van der Waals surface area contributed by atoms with Crippen LogP contribution in [0.5, 0.6) is 0 Å². The van der Waals surface area contributed by atoms with Crippen LogP contribution >= 0.6 is 0 Å². The minimum absolute atomic E-state index is 0.767. The lowest BCUT2D eigenvalue weighted by Gasteiger charge is -2.13. The molecule has 0 radical (unpaired) electrons. The summed E-state index contributed by atoms with van der Waals surface area (Å²) in [5.41, 5.74) is 31.6. The number of aryl methyl sites for hydroxylation is 5. The summed E-state index contributed by atoms with van der Waals surface area (Å²) in [6.07, 6.45) is 4.31. The molecule has 0 fully saturated rings. The number of rotatable bonds is 9. The van der Waals surface area contributed by atoms with Gasteiger partial charge >= 0.3 is 0 Å². The molecule has 2 aromatic heterocycles. The Morgan fingerprint density at radius 2 is 0.962 bits per heavy atom. The lowest BCUT2D eigenvalue weighted by atomic mass is 10.0. The van der Waals surface area contributed by atoms with Gasteiger partial charge in [0.25, 0.3) is 0 Å². The van der Waals surface area contributed by atoms with E-state index in [9.17, 15) is 0 Å². The normalized spacial score (nSPS) is 11.6. The van der Waals surface area contributed by atoms with Crippen molar-refractivity contribution in [3.05, 3.63) is 137 Å². The van der Waals surface area contributed by atoms with Crippen LogP contribution in [0.1, 0.15) is 47.1 Å². The fraction of sp³-hybridized carbons (Fsp3) is 0.200. The number of nitrogen functional groups attached to an aromatic ring is 2. The van der Waals surface area contributed by atoms with Gasteiger partial charge in [0.05, 0.1) is 0 Å². The molecule has 0 saturated heterocycles. The summed E-state index contributed by atoms with van der Waals surface area (Å²) in [6, 6.07) is 38.3. The Morgan fingerprint density at radius 1 is 0.500 bits per heavy atom. The number of hydrogen-bond donors (Lipinski definition) is 3. The average Bonchev–Trinajstić information content (AvgIpc) is 3.14. The molecule has 8 rings (SSSR count). The molecule has 258 valence electrons. The third-order valence-corrected chi connectivity index (χ3v) is 10.4. The average molecular weight is 684 g/mol. The zero-order chi connectivity index (χ0) is 35.9. The number of fused-ring (bicyclic) bond motifs is 4. The number of hydrogen-bond acceptors (Lipinski definition) is 5. The molecule has 2 heterocycles. The highest BCUT2D eigenvalue weighted by Crippen LogP contribution is 2.28. The Balaban J connectivity index is 1.02. The summed E-state index contributed by atoms with van der Waals surface area (Å²) in [5, 5.41) is 3.75. The van der Waals surface area contributed by atoms with Crippen LogP contribution in [0.4, 0.5) is 17.1 Å². The Kier molecular flexibility index (Phi) is 8.63. The summed E-state index contributed by atoms with van der Waals surface area (Å²) in [7, 11) is 0. The van der Waals surface area contributed by atoms with Crippen LogP contribution in [0.3, 0.4) is 0 Å². The molecule has 0 atom stereocenters. The van der Waals surface area contributed by atoms with E-state index in [-0.39, 0.29) is 0 Å². The van der Waals surface area contributed by atoms with E-state index in [1.54, 1.807) is 0 Å². The molecule has 7 nitrogen and oxygen atoms in total. The SMILES string of the molecule is Cc1cc2nc3cc(C)c(CCCCCNc4cc5c(cc4C)nc4cc(C)c(N)cc4[n+]5-c4ccccc4)cc3[n+](-c3ccccc3)c2cc1N. The number of nitrogens with two attached hydrogens (primary N) is 2. The minimum Gasteiger partial charge on any atom is -0.398 e. The van der Waals surface area contributed by atoms with E-state index >= 15 is 0 Å². The Hall–Kier alpha value is -6.08. The Morgan fingerprint density at radius 3 is 1.50 bits per heavy atom. The van der Waals surface area contributed by atoms with Gasteiger partial charge in [-0.05, 0) is 99.0 Å². The number of unbranched alkanes of at least 4 members (excludes halogenated alkanes) is 2. The maximum absolute atomic E-state index is 6.41. The van der Waals surface area contributed by atoms with E-state index in [1.807, 2.05) is 26.0 Å². The quantitative estimate of drug-likeness (QED) is 0.0611. The van der Waals surface area contributed by atoms with Crippen molar-refractivity contribution in [2.75, 3.05) is 23.3 Å². The summed E-state index contributed by atoms with van der Waals surface area (Å²) in [4.78, 5) is 10.2. The second-order valence-corrected chi connectivity index (χ2v) is 14.1. The molecule has 0 amide bonds. The third-order valence-electron chi connectivity index (χ3n) is 10.4. The minimum atomic E-state index is 0.767. The van der Waals surface area contributed by atoms with E-state index in [0.29, 0.717) is 0 Å². The highest BCUT2D eigenvalue weighted by Gasteiger charge is 2.23. The van der Waals surface area contributed by atoms with Crippen LogP contribution in [0.15, 0.2) is 109 Å². The number of benzene rings is 6. The van der Waals surface area contributed by atoms with Gasteiger partial charge in [-0.2, -0.15) is 0 Å². The highest BCUT2D eigenvalue weighted by molar-refractivity contribution is 5.88. The van der Waals surface area contributed by atoms with Crippen molar-refractivity contribution in [1.29, 1.82) is 0 Å². The number of aromatic nitrogens is 4. The molecule has 0 spiro atoms. The molecular formula is C45H45N7+2. The number of para-hydroxylation sites is 2. The van der Waals surface area contributed by atoms with Gasteiger partial charge in [-0.1, -0.05) is 42.8 Å². The molecule has 7 heteroatoms. The van der Waals surface area contributed by atoms with Crippen LogP contribution in [-0.4, -0.2) is 16.5 Å². The van der Waals surface area contributed by atoms with E-state index < -0.39 is 0 Å². The molecular weight excluding hydrogens is 639 g/mol. The Labute approximate surface area is 304 Å². The molecule has 0 bridgehead atoms. The summed E-state index contributed by atoms with van der Waals surface area (Å²) in [6.45, 7) is 9.34. The fourth-order valence-electron chi connectivity index (χ4n) is 7.40. The number of nitrogens with zero attached hydrogens (tertiary/aromatic N) is 4. The predicted molar refractivity (Wildman–Crippen MR) is 215 cm³/mol. The van der Waals surface area contributed by atoms with Crippen molar-refractivity contribution < 1.29 is 9.13 Å². The largest absolute Gasteiger partial charge is 0.398 e. The van der Waals surface area contributed by atoms with Crippen LogP contribution < -0.4 is 25.9 Å². The summed E-state index contributed by atoms with van der Waals surface area (Å²) in [5.74, 6) is 0. The Bertz CT molecular complexity index is 2450. The van der Waals surface area contributed by atoms with Crippen molar-refractivity contribution in [3.63, 3.8) is 0 Å². The van der Waals surface area contributed by atoms with Crippen molar-refractivity contribution >= 4 is 61.2 Å². The standard InChI is InChI=1S/C45H43N7/c1-28-20-38-42(51(33-15-9-5-10-16-33)43-25-35(46)29(2)21-39(43)49-38)24-32(28)14-8-7-13-19-48-37-27-45-41(23-31(37)4)50-40-22-30(3)36(47)26-44(40)52(45)34-17-11-6-12-18-34/h5-6,9-12,15-18,20-27,46H,7-8,13-14,19H2,1-4H3,(H2,47,48)/p+2. The lowest BCUT2D eigenvalue weighted by molar-refractivity contribution is -0.538. The maximum Gasteiger partial charge on any atom is 0.239 e. The van der Waals surface area contributed by atoms with Crippen molar-refractivity contribution in [3.8, 4) is 11.4 Å². The second-order valence-electron chi connectivity index (χ2n) is 14.1. The van der Waals surface area contributed by atoms with Gasteiger partial charge in [0.1, 0.15) is 22.1 Å². The first-order valence-electron chi connectivity index (χ1n) is 18.2. The van der Waals surface area contributed by atoms with Gasteiger partial charge in [-0.25, -0.2) is 9.97 Å². The van der Waals surface area contributed by atoms with E-state index in [1.165, 1.54) is 16.7 Å². The molecule has 8 aromatic rings. The number of nitrogens with one attached hydrogen (secondary N) is 1. The molecule has 5 N–H and O–H groups in total. The lowest BCUT2D eigenvalue weighted by Crippen LogP contribution is -2.33. The maximum atomic E-state index is 6.41. The zero-order valence-electron chi connectivity index (χ0n) is 30.4. The van der Waals surface area contributed by atoms with Crippen molar-refractivity contribution in [1.82, 2.24) is 9.97 Å². The zero-order valence-corrected chi connectivity index (χ0v) is 30.4. The van der Waals surface area contributed by atoms with E-state index in [4.69, 9.17) is 21.4 Å². The first-order valence-corrected chi connectivity index (χ1v) is 18.2. The first kappa shape index (κ1) is 33.1. The van der Waals surface area contributed by atoms with Crippen molar-refractivity contribution in [2.45, 2.75) is 53.4 Å². The smallest absolute Gasteiger partial charge is 0.239 e. The van der Waals surface area contributed by atoms with Gasteiger partial charge in [-0.3, -0.25) is 0 Å². The van der Waals surface area contributed by atoms with Gasteiger partial charge in [0, 0.05) is 72.1 Å². The molecule has 6 aromatic carbocycles. The fourth-order valence-corrected chi connectivity index (χ4v) is 7.40. The first-order chi connectivity index (χ1) is 25.2. The topological polar surface area (TPSA) is 97.6 Å². The molecule has 52 heavy (non-hydrogen) atoms. The molecule has 0 unspecified atom stereocenters. The number of anilines is 3.